The fourth-order valence-corrected chi connectivity index (χ4v) is 3.08. The van der Waals surface area contributed by atoms with Gasteiger partial charge in [0.15, 0.2) is 0 Å². The van der Waals surface area contributed by atoms with Crippen molar-refractivity contribution >= 4 is 17.3 Å². The van der Waals surface area contributed by atoms with Crippen molar-refractivity contribution < 1.29 is 0 Å². The zero-order chi connectivity index (χ0) is 21.8. The van der Waals surface area contributed by atoms with Gasteiger partial charge in [0.05, 0.1) is 5.69 Å². The summed E-state index contributed by atoms with van der Waals surface area (Å²) >= 11 is 0. The van der Waals surface area contributed by atoms with Crippen molar-refractivity contribution in [3.63, 3.8) is 0 Å². The molecule has 2 aromatic carbocycles. The Bertz CT molecular complexity index is 886. The second-order valence-corrected chi connectivity index (χ2v) is 6.87. The molecule has 4 nitrogen and oxygen atoms in total. The normalized spacial score (nSPS) is 10.0. The minimum absolute atomic E-state index is 0.600. The molecule has 0 aliphatic carbocycles. The number of aryl methyl sites for hydroxylation is 1. The Morgan fingerprint density at radius 2 is 1.67 bits per heavy atom. The van der Waals surface area contributed by atoms with Crippen LogP contribution in [0.2, 0.25) is 0 Å². The second-order valence-electron chi connectivity index (χ2n) is 6.87. The average Bonchev–Trinajstić information content (AvgIpc) is 2.79. The van der Waals surface area contributed by atoms with Gasteiger partial charge in [-0.2, -0.15) is 0 Å². The van der Waals surface area contributed by atoms with Crippen LogP contribution in [0.3, 0.4) is 0 Å². The van der Waals surface area contributed by atoms with Crippen LogP contribution in [0.4, 0.5) is 17.3 Å². The van der Waals surface area contributed by atoms with Crippen molar-refractivity contribution in [3.05, 3.63) is 79.0 Å². The molecule has 0 aliphatic heterocycles. The fourth-order valence-electron chi connectivity index (χ4n) is 3.08. The van der Waals surface area contributed by atoms with Gasteiger partial charge in [-0.15, -0.1) is 6.58 Å². The average molecular weight is 403 g/mol. The molecule has 0 radical (unpaired) electrons. The van der Waals surface area contributed by atoms with E-state index in [0.717, 1.165) is 42.9 Å². The zero-order valence-corrected chi connectivity index (χ0v) is 18.7. The maximum Gasteiger partial charge on any atom is 0.227 e. The largest absolute Gasteiger partial charge is 0.371 e. The first-order valence-electron chi connectivity index (χ1n) is 10.8. The number of hydrogen-bond donors (Lipinski definition) is 1. The van der Waals surface area contributed by atoms with E-state index in [0.29, 0.717) is 5.95 Å². The zero-order valence-electron chi connectivity index (χ0n) is 18.7. The number of nitrogens with one attached hydrogen (secondary N) is 1. The molecule has 0 aliphatic rings. The molecule has 1 N–H and O–H groups in total. The van der Waals surface area contributed by atoms with Gasteiger partial charge in [-0.05, 0) is 50.1 Å². The molecule has 1 aromatic heterocycles. The Morgan fingerprint density at radius 3 is 2.30 bits per heavy atom. The Hall–Kier alpha value is -3.14. The lowest BCUT2D eigenvalue weighted by molar-refractivity contribution is 0.765. The van der Waals surface area contributed by atoms with E-state index in [4.69, 9.17) is 0 Å². The van der Waals surface area contributed by atoms with Crippen LogP contribution in [0.5, 0.6) is 0 Å². The molecule has 4 heteroatoms. The number of anilines is 3. The smallest absolute Gasteiger partial charge is 0.227 e. The van der Waals surface area contributed by atoms with Crippen molar-refractivity contribution in [3.8, 4) is 11.3 Å². The quantitative estimate of drug-likeness (QED) is 0.391. The highest BCUT2D eigenvalue weighted by atomic mass is 15.1. The molecule has 0 fully saturated rings. The van der Waals surface area contributed by atoms with E-state index < -0.39 is 0 Å². The Labute approximate surface area is 181 Å². The maximum atomic E-state index is 4.65. The highest BCUT2D eigenvalue weighted by Crippen LogP contribution is 2.22. The number of hydrogen-bond acceptors (Lipinski definition) is 4. The summed E-state index contributed by atoms with van der Waals surface area (Å²) in [6.45, 7) is 14.2. The summed E-state index contributed by atoms with van der Waals surface area (Å²) in [5, 5.41) is 3.31. The molecule has 30 heavy (non-hydrogen) atoms. The molecule has 0 amide bonds. The third-order valence-electron chi connectivity index (χ3n) is 4.59. The lowest BCUT2D eigenvalue weighted by atomic mass is 10.1. The summed E-state index contributed by atoms with van der Waals surface area (Å²) in [5.41, 5.74) is 5.44. The number of benzene rings is 2. The summed E-state index contributed by atoms with van der Waals surface area (Å²) < 4.78 is 0. The third kappa shape index (κ3) is 6.73. The van der Waals surface area contributed by atoms with Gasteiger partial charge in [0.1, 0.15) is 0 Å². The lowest BCUT2D eigenvalue weighted by Gasteiger charge is -2.24. The highest BCUT2D eigenvalue weighted by molar-refractivity contribution is 5.63. The molecular formula is C26H34N4. The van der Waals surface area contributed by atoms with Gasteiger partial charge in [0.25, 0.3) is 0 Å². The highest BCUT2D eigenvalue weighted by Gasteiger charge is 2.06. The molecule has 0 atom stereocenters. The number of aromatic nitrogens is 2. The lowest BCUT2D eigenvalue weighted by Crippen LogP contribution is -2.24. The van der Waals surface area contributed by atoms with Gasteiger partial charge in [0, 0.05) is 36.2 Å². The van der Waals surface area contributed by atoms with E-state index in [1.807, 2.05) is 26.0 Å². The predicted octanol–water partition coefficient (Wildman–Crippen LogP) is 7.01. The molecule has 0 saturated carbocycles. The summed E-state index contributed by atoms with van der Waals surface area (Å²) in [6.07, 6.45) is 5.87. The molecule has 3 rings (SSSR count). The standard InChI is InChI=1S/C24H28N4.C2H6/c1-4-6-18-28(17-5-2)22-13-11-21(12-14-22)26-24-25-16-15-23(27-24)20-9-7-19(3)8-10-20;1-2/h4,7-16H,1,5-6,17-18H2,2-3H3,(H,25,26,27);1-2H3. The Morgan fingerprint density at radius 1 is 0.967 bits per heavy atom. The van der Waals surface area contributed by atoms with Crippen LogP contribution in [0.1, 0.15) is 39.2 Å². The van der Waals surface area contributed by atoms with E-state index in [-0.39, 0.29) is 0 Å². The first-order valence-corrected chi connectivity index (χ1v) is 10.8. The van der Waals surface area contributed by atoms with Crippen LogP contribution < -0.4 is 10.2 Å². The topological polar surface area (TPSA) is 41.0 Å². The summed E-state index contributed by atoms with van der Waals surface area (Å²) in [6, 6.07) is 18.7. The molecule has 3 aromatic rings. The van der Waals surface area contributed by atoms with Gasteiger partial charge in [-0.3, -0.25) is 0 Å². The van der Waals surface area contributed by atoms with Crippen LogP contribution in [-0.4, -0.2) is 23.1 Å². The summed E-state index contributed by atoms with van der Waals surface area (Å²) in [5.74, 6) is 0.600. The Balaban J connectivity index is 0.00000155. The SMILES string of the molecule is C=CCCN(CCC)c1ccc(Nc2nccc(-c3ccc(C)cc3)n2)cc1.CC. The third-order valence-corrected chi connectivity index (χ3v) is 4.59. The monoisotopic (exact) mass is 402 g/mol. The van der Waals surface area contributed by atoms with Crippen LogP contribution >= 0.6 is 0 Å². The molecular weight excluding hydrogens is 368 g/mol. The van der Waals surface area contributed by atoms with Gasteiger partial charge >= 0.3 is 0 Å². The molecule has 0 unspecified atom stereocenters. The molecule has 0 spiro atoms. The maximum absolute atomic E-state index is 4.65. The van der Waals surface area contributed by atoms with E-state index in [2.05, 4.69) is 89.1 Å². The minimum Gasteiger partial charge on any atom is -0.371 e. The molecule has 0 saturated heterocycles. The minimum atomic E-state index is 0.600. The van der Waals surface area contributed by atoms with E-state index >= 15 is 0 Å². The van der Waals surface area contributed by atoms with Crippen molar-refractivity contribution in [2.24, 2.45) is 0 Å². The second kappa shape index (κ2) is 12.4. The van der Waals surface area contributed by atoms with Crippen molar-refractivity contribution in [2.75, 3.05) is 23.3 Å². The fraction of sp³-hybridized carbons (Fsp3) is 0.308. The van der Waals surface area contributed by atoms with Gasteiger partial charge < -0.3 is 10.2 Å². The van der Waals surface area contributed by atoms with Crippen LogP contribution in [-0.2, 0) is 0 Å². The molecule has 1 heterocycles. The van der Waals surface area contributed by atoms with E-state index in [9.17, 15) is 0 Å². The Kier molecular flexibility index (Phi) is 9.59. The van der Waals surface area contributed by atoms with Crippen LogP contribution in [0.25, 0.3) is 11.3 Å². The van der Waals surface area contributed by atoms with Gasteiger partial charge in [-0.25, -0.2) is 9.97 Å². The van der Waals surface area contributed by atoms with Crippen LogP contribution in [0, 0.1) is 6.92 Å². The van der Waals surface area contributed by atoms with Crippen LogP contribution in [0.15, 0.2) is 73.4 Å². The summed E-state index contributed by atoms with van der Waals surface area (Å²) in [4.78, 5) is 11.4. The predicted molar refractivity (Wildman–Crippen MR) is 131 cm³/mol. The first kappa shape index (κ1) is 23.1. The van der Waals surface area contributed by atoms with Gasteiger partial charge in [-0.1, -0.05) is 56.7 Å². The summed E-state index contributed by atoms with van der Waals surface area (Å²) in [7, 11) is 0. The molecule has 158 valence electrons. The van der Waals surface area contributed by atoms with Crippen molar-refractivity contribution in [1.29, 1.82) is 0 Å². The van der Waals surface area contributed by atoms with E-state index in [1.165, 1.54) is 11.3 Å². The number of rotatable bonds is 9. The van der Waals surface area contributed by atoms with E-state index in [1.54, 1.807) is 6.20 Å². The van der Waals surface area contributed by atoms with Crippen molar-refractivity contribution in [1.82, 2.24) is 9.97 Å². The first-order chi connectivity index (χ1) is 14.7. The molecule has 0 bridgehead atoms. The number of nitrogens with zero attached hydrogens (tertiary/aromatic N) is 3. The van der Waals surface area contributed by atoms with Crippen molar-refractivity contribution in [2.45, 2.75) is 40.5 Å². The van der Waals surface area contributed by atoms with Gasteiger partial charge in [0.2, 0.25) is 5.95 Å².